The summed E-state index contributed by atoms with van der Waals surface area (Å²) in [5, 5.41) is 0. The fraction of sp³-hybridized carbons (Fsp3) is 0.0769. The van der Waals surface area contributed by atoms with E-state index in [4.69, 9.17) is 0 Å². The van der Waals surface area contributed by atoms with Crippen LogP contribution in [0.2, 0.25) is 0 Å². The maximum atomic E-state index is 14.1. The van der Waals surface area contributed by atoms with E-state index in [1.165, 1.54) is 30.3 Å². The third-order valence-electron chi connectivity index (χ3n) is 5.34. The molecule has 35 heavy (non-hydrogen) atoms. The molecule has 0 spiro atoms. The molecule has 2 aliphatic rings. The molecule has 2 aliphatic heterocycles. The van der Waals surface area contributed by atoms with Crippen LogP contribution in [0.5, 0.6) is 5.75 Å². The van der Waals surface area contributed by atoms with E-state index in [0.29, 0.717) is 23.5 Å². The molecule has 0 aromatic heterocycles. The van der Waals surface area contributed by atoms with Gasteiger partial charge in [-0.3, -0.25) is 0 Å². The number of fused-ring (bicyclic) bond motifs is 1. The van der Waals surface area contributed by atoms with Crippen LogP contribution < -0.4 is 4.74 Å². The van der Waals surface area contributed by atoms with E-state index < -0.39 is 18.0 Å². The number of benzene rings is 3. The Morgan fingerprint density at radius 3 is 2.31 bits per heavy atom. The number of nitrogens with zero attached hydrogens (tertiary/aromatic N) is 3. The molecule has 4 nitrogen and oxygen atoms in total. The zero-order valence-electron chi connectivity index (χ0n) is 17.9. The zero-order valence-corrected chi connectivity index (χ0v) is 17.9. The minimum absolute atomic E-state index is 0.00644. The lowest BCUT2D eigenvalue weighted by Crippen LogP contribution is -2.17. The topological polar surface area (TPSA) is 39.9 Å². The van der Waals surface area contributed by atoms with Crippen LogP contribution in [0.25, 0.3) is 33.9 Å². The first kappa shape index (κ1) is 22.5. The standard InChI is InChI=1S/C26H16F5N3O/c27-21-6-2-5-20(24(21)28)25-32-22-11-12-34(15-23(22)33-25)14-16-7-9-17(10-8-16)18-3-1-4-19(13-18)35-26(29,30)31/h1-13,15H,14H2. The van der Waals surface area contributed by atoms with Gasteiger partial charge in [-0.15, -0.1) is 13.2 Å². The van der Waals surface area contributed by atoms with Gasteiger partial charge in [0, 0.05) is 18.9 Å². The third kappa shape index (κ3) is 4.98. The Kier molecular flexibility index (Phi) is 5.68. The quantitative estimate of drug-likeness (QED) is 0.255. The molecule has 2 heterocycles. The number of ether oxygens (including phenoxy) is 1. The molecule has 0 atom stereocenters. The van der Waals surface area contributed by atoms with Crippen LogP contribution in [0.1, 0.15) is 5.56 Å². The molecule has 0 saturated carbocycles. The second kappa shape index (κ2) is 8.83. The molecule has 0 aliphatic carbocycles. The number of halogens is 5. The van der Waals surface area contributed by atoms with Crippen LogP contribution in [0.15, 0.2) is 85.2 Å². The highest BCUT2D eigenvalue weighted by Gasteiger charge is 2.31. The summed E-state index contributed by atoms with van der Waals surface area (Å²) in [6.45, 7) is 0.490. The van der Waals surface area contributed by atoms with E-state index in [1.807, 2.05) is 28.8 Å². The molecular weight excluding hydrogens is 465 g/mol. The van der Waals surface area contributed by atoms with E-state index in [9.17, 15) is 22.0 Å². The molecule has 176 valence electrons. The third-order valence-corrected chi connectivity index (χ3v) is 5.34. The summed E-state index contributed by atoms with van der Waals surface area (Å²) in [5.41, 5.74) is 3.35. The highest BCUT2D eigenvalue weighted by molar-refractivity contribution is 5.67. The summed E-state index contributed by atoms with van der Waals surface area (Å²) in [4.78, 5) is 8.64. The Labute approximate surface area is 196 Å². The molecule has 5 rings (SSSR count). The second-order valence-corrected chi connectivity index (χ2v) is 7.81. The summed E-state index contributed by atoms with van der Waals surface area (Å²) in [5.74, 6) is -2.13. The summed E-state index contributed by atoms with van der Waals surface area (Å²) in [6, 6.07) is 18.7. The summed E-state index contributed by atoms with van der Waals surface area (Å²) >= 11 is 0. The number of hydrogen-bond acceptors (Lipinski definition) is 3. The lowest BCUT2D eigenvalue weighted by atomic mass is 10.0. The Bertz CT molecular complexity index is 1460. The molecule has 3 aromatic rings. The van der Waals surface area contributed by atoms with Crippen molar-refractivity contribution in [2.45, 2.75) is 12.9 Å². The van der Waals surface area contributed by atoms with Crippen molar-refractivity contribution in [2.75, 3.05) is 0 Å². The van der Waals surface area contributed by atoms with Gasteiger partial charge in [0.1, 0.15) is 11.4 Å². The van der Waals surface area contributed by atoms with Crippen molar-refractivity contribution in [2.24, 2.45) is 0 Å². The summed E-state index contributed by atoms with van der Waals surface area (Å²) in [6.07, 6.45) is -1.19. The molecule has 9 heteroatoms. The highest BCUT2D eigenvalue weighted by Crippen LogP contribution is 2.29. The molecule has 0 saturated heterocycles. The van der Waals surface area contributed by atoms with E-state index in [-0.39, 0.29) is 17.1 Å². The smallest absolute Gasteiger partial charge is 0.406 e. The summed E-state index contributed by atoms with van der Waals surface area (Å²) < 4.78 is 71.0. The molecule has 0 unspecified atom stereocenters. The Morgan fingerprint density at radius 1 is 0.800 bits per heavy atom. The van der Waals surface area contributed by atoms with Crippen LogP contribution in [-0.2, 0) is 6.54 Å². The van der Waals surface area contributed by atoms with Crippen LogP contribution in [0.4, 0.5) is 22.0 Å². The van der Waals surface area contributed by atoms with Crippen molar-refractivity contribution in [1.82, 2.24) is 14.5 Å². The molecule has 0 amide bonds. The van der Waals surface area contributed by atoms with Gasteiger partial charge in [-0.05, 0) is 47.0 Å². The molecule has 0 fully saturated rings. The van der Waals surface area contributed by atoms with Gasteiger partial charge in [-0.25, -0.2) is 18.7 Å². The lowest BCUT2D eigenvalue weighted by molar-refractivity contribution is -0.274. The van der Waals surface area contributed by atoms with Crippen molar-refractivity contribution in [3.8, 4) is 39.7 Å². The Balaban J connectivity index is 1.35. The van der Waals surface area contributed by atoms with Crippen molar-refractivity contribution in [1.29, 1.82) is 0 Å². The van der Waals surface area contributed by atoms with Gasteiger partial charge in [0.25, 0.3) is 0 Å². The van der Waals surface area contributed by atoms with Gasteiger partial charge in [0.2, 0.25) is 0 Å². The largest absolute Gasteiger partial charge is 0.573 e. The monoisotopic (exact) mass is 481 g/mol. The number of hydrogen-bond donors (Lipinski definition) is 0. The fourth-order valence-corrected chi connectivity index (χ4v) is 3.73. The predicted octanol–water partition coefficient (Wildman–Crippen LogP) is 6.94. The first-order valence-corrected chi connectivity index (χ1v) is 10.5. The first-order chi connectivity index (χ1) is 16.7. The second-order valence-electron chi connectivity index (χ2n) is 7.81. The first-order valence-electron chi connectivity index (χ1n) is 10.5. The van der Waals surface area contributed by atoms with Crippen molar-refractivity contribution < 1.29 is 26.7 Å². The average Bonchev–Trinajstić information content (AvgIpc) is 3.23. The van der Waals surface area contributed by atoms with Gasteiger partial charge in [-0.2, -0.15) is 0 Å². The van der Waals surface area contributed by atoms with Gasteiger partial charge < -0.3 is 9.30 Å². The van der Waals surface area contributed by atoms with E-state index in [1.54, 1.807) is 24.5 Å². The van der Waals surface area contributed by atoms with Gasteiger partial charge >= 0.3 is 6.36 Å². The predicted molar refractivity (Wildman–Crippen MR) is 120 cm³/mol. The van der Waals surface area contributed by atoms with Crippen molar-refractivity contribution in [3.63, 3.8) is 0 Å². The molecular formula is C26H16F5N3O. The van der Waals surface area contributed by atoms with Gasteiger partial charge in [-0.1, -0.05) is 42.5 Å². The zero-order chi connectivity index (χ0) is 24.6. The van der Waals surface area contributed by atoms with Crippen LogP contribution in [0, 0.1) is 11.6 Å². The van der Waals surface area contributed by atoms with E-state index in [0.717, 1.165) is 17.2 Å². The normalized spacial score (nSPS) is 11.7. The minimum atomic E-state index is -4.75. The number of aromatic nitrogens is 3. The van der Waals surface area contributed by atoms with Crippen LogP contribution >= 0.6 is 0 Å². The average molecular weight is 481 g/mol. The number of alkyl halides is 3. The molecule has 3 aromatic carbocycles. The molecule has 0 N–H and O–H groups in total. The van der Waals surface area contributed by atoms with Crippen LogP contribution in [-0.4, -0.2) is 20.9 Å². The number of rotatable bonds is 5. The maximum Gasteiger partial charge on any atom is 0.573 e. The van der Waals surface area contributed by atoms with E-state index >= 15 is 0 Å². The lowest BCUT2D eigenvalue weighted by Gasteiger charge is -2.11. The van der Waals surface area contributed by atoms with Crippen LogP contribution in [0.3, 0.4) is 0 Å². The number of pyridine rings is 1. The molecule has 0 bridgehead atoms. The van der Waals surface area contributed by atoms with Gasteiger partial charge in [0.05, 0.1) is 11.3 Å². The fourth-order valence-electron chi connectivity index (χ4n) is 3.73. The highest BCUT2D eigenvalue weighted by atomic mass is 19.4. The molecule has 0 radical (unpaired) electrons. The van der Waals surface area contributed by atoms with Crippen molar-refractivity contribution in [3.05, 3.63) is 102 Å². The van der Waals surface area contributed by atoms with Crippen molar-refractivity contribution >= 4 is 0 Å². The SMILES string of the molecule is Fc1cccc(-c2nc3ccn(Cc4ccc(-c5cccc(OC(F)(F)F)c5)cc4)cc-3n2)c1F. The minimum Gasteiger partial charge on any atom is -0.406 e. The van der Waals surface area contributed by atoms with E-state index in [2.05, 4.69) is 14.7 Å². The Morgan fingerprint density at radius 2 is 1.54 bits per heavy atom. The van der Waals surface area contributed by atoms with Gasteiger partial charge in [0.15, 0.2) is 17.5 Å². The maximum absolute atomic E-state index is 14.1. The Hall–Kier alpha value is -4.27. The summed E-state index contributed by atoms with van der Waals surface area (Å²) in [7, 11) is 0. The number of imidazole rings is 1.